The molecule has 1 aliphatic carbocycles. The molecule has 1 aromatic heterocycles. The summed E-state index contributed by atoms with van der Waals surface area (Å²) in [4.78, 5) is 4.56. The lowest BCUT2D eigenvalue weighted by Crippen LogP contribution is -2.24. The van der Waals surface area contributed by atoms with Crippen LogP contribution in [-0.2, 0) is 6.42 Å². The molecule has 1 aromatic carbocycles. The van der Waals surface area contributed by atoms with Crippen molar-refractivity contribution in [1.82, 2.24) is 10.3 Å². The van der Waals surface area contributed by atoms with Crippen LogP contribution in [-0.4, -0.2) is 4.98 Å². The van der Waals surface area contributed by atoms with Crippen molar-refractivity contribution in [2.45, 2.75) is 45.7 Å². The molecule has 0 saturated heterocycles. The van der Waals surface area contributed by atoms with Crippen LogP contribution in [0.4, 0.5) is 0 Å². The van der Waals surface area contributed by atoms with Gasteiger partial charge in [0.1, 0.15) is 0 Å². The third-order valence-corrected chi connectivity index (χ3v) is 4.31. The highest BCUT2D eigenvalue weighted by atomic mass is 15.0. The van der Waals surface area contributed by atoms with E-state index in [9.17, 15) is 0 Å². The lowest BCUT2D eigenvalue weighted by molar-refractivity contribution is 0.457. The Morgan fingerprint density at radius 3 is 2.95 bits per heavy atom. The number of nitrogens with zero attached hydrogens (tertiary/aromatic N) is 1. The molecule has 0 saturated carbocycles. The molecule has 20 heavy (non-hydrogen) atoms. The van der Waals surface area contributed by atoms with Crippen LogP contribution in [0, 0.1) is 13.8 Å². The number of rotatable bonds is 3. The molecule has 0 spiro atoms. The second kappa shape index (κ2) is 5.37. The number of nitrogens with one attached hydrogen (secondary N) is 1. The first-order valence-corrected chi connectivity index (χ1v) is 7.42. The lowest BCUT2D eigenvalue weighted by atomic mass is 9.99. The molecular formula is C18H22N2. The van der Waals surface area contributed by atoms with Gasteiger partial charge in [0, 0.05) is 12.2 Å². The Labute approximate surface area is 121 Å². The summed E-state index contributed by atoms with van der Waals surface area (Å²) in [5, 5.41) is 3.76. The molecule has 0 aliphatic heterocycles. The van der Waals surface area contributed by atoms with E-state index in [1.54, 1.807) is 0 Å². The number of fused-ring (bicyclic) bond motifs is 1. The third-order valence-electron chi connectivity index (χ3n) is 4.31. The zero-order valence-corrected chi connectivity index (χ0v) is 12.5. The summed E-state index contributed by atoms with van der Waals surface area (Å²) in [6, 6.07) is 11.7. The molecule has 3 rings (SSSR count). The van der Waals surface area contributed by atoms with E-state index >= 15 is 0 Å². The average Bonchev–Trinajstić information content (AvgIpc) is 2.85. The van der Waals surface area contributed by atoms with Crippen LogP contribution < -0.4 is 5.32 Å². The zero-order valence-electron chi connectivity index (χ0n) is 12.5. The van der Waals surface area contributed by atoms with Crippen molar-refractivity contribution >= 4 is 0 Å². The van der Waals surface area contributed by atoms with Gasteiger partial charge in [-0.05, 0) is 56.4 Å². The second-order valence-corrected chi connectivity index (χ2v) is 5.89. The van der Waals surface area contributed by atoms with E-state index in [1.165, 1.54) is 27.9 Å². The third kappa shape index (κ3) is 2.48. The number of aromatic nitrogens is 1. The quantitative estimate of drug-likeness (QED) is 0.907. The van der Waals surface area contributed by atoms with E-state index in [2.05, 4.69) is 55.3 Å². The van der Waals surface area contributed by atoms with Crippen molar-refractivity contribution in [2.75, 3.05) is 0 Å². The highest BCUT2D eigenvalue weighted by Crippen LogP contribution is 2.31. The Morgan fingerprint density at radius 1 is 1.25 bits per heavy atom. The summed E-state index contributed by atoms with van der Waals surface area (Å²) in [5.74, 6) is 0. The fourth-order valence-corrected chi connectivity index (χ4v) is 3.19. The summed E-state index contributed by atoms with van der Waals surface area (Å²) in [6.07, 6.45) is 4.20. The predicted molar refractivity (Wildman–Crippen MR) is 82.8 cm³/mol. The number of hydrogen-bond donors (Lipinski definition) is 1. The maximum Gasteiger partial charge on any atom is 0.0605 e. The molecule has 1 heterocycles. The maximum absolute atomic E-state index is 4.56. The van der Waals surface area contributed by atoms with Gasteiger partial charge in [-0.3, -0.25) is 4.98 Å². The molecular weight excluding hydrogens is 244 g/mol. The largest absolute Gasteiger partial charge is 0.302 e. The first-order valence-electron chi connectivity index (χ1n) is 7.42. The molecule has 0 bridgehead atoms. The van der Waals surface area contributed by atoms with Gasteiger partial charge in [0.2, 0.25) is 0 Å². The van der Waals surface area contributed by atoms with Gasteiger partial charge in [-0.25, -0.2) is 0 Å². The molecule has 2 aromatic rings. The van der Waals surface area contributed by atoms with Crippen LogP contribution in [0.25, 0.3) is 0 Å². The number of pyridine rings is 1. The summed E-state index contributed by atoms with van der Waals surface area (Å²) in [7, 11) is 0. The van der Waals surface area contributed by atoms with Crippen molar-refractivity contribution in [3.8, 4) is 0 Å². The average molecular weight is 266 g/mol. The van der Waals surface area contributed by atoms with E-state index < -0.39 is 0 Å². The minimum atomic E-state index is 0.354. The van der Waals surface area contributed by atoms with Gasteiger partial charge >= 0.3 is 0 Å². The number of benzene rings is 1. The van der Waals surface area contributed by atoms with Gasteiger partial charge in [0.05, 0.1) is 11.7 Å². The van der Waals surface area contributed by atoms with Gasteiger partial charge in [-0.15, -0.1) is 0 Å². The fraction of sp³-hybridized carbons (Fsp3) is 0.389. The van der Waals surface area contributed by atoms with E-state index in [0.717, 1.165) is 12.8 Å². The molecule has 104 valence electrons. The van der Waals surface area contributed by atoms with Crippen LogP contribution in [0.3, 0.4) is 0 Å². The summed E-state index contributed by atoms with van der Waals surface area (Å²) >= 11 is 0. The van der Waals surface area contributed by atoms with E-state index in [-0.39, 0.29) is 0 Å². The van der Waals surface area contributed by atoms with E-state index in [4.69, 9.17) is 0 Å². The Balaban J connectivity index is 1.80. The lowest BCUT2D eigenvalue weighted by Gasteiger charge is -2.22. The Bertz CT molecular complexity index is 619. The van der Waals surface area contributed by atoms with Crippen molar-refractivity contribution in [3.05, 3.63) is 64.5 Å². The fourth-order valence-electron chi connectivity index (χ4n) is 3.19. The summed E-state index contributed by atoms with van der Waals surface area (Å²) < 4.78 is 0. The van der Waals surface area contributed by atoms with Crippen molar-refractivity contribution in [2.24, 2.45) is 0 Å². The van der Waals surface area contributed by atoms with Crippen LogP contribution >= 0.6 is 0 Å². The molecule has 0 fully saturated rings. The van der Waals surface area contributed by atoms with Crippen LogP contribution in [0.2, 0.25) is 0 Å². The Kier molecular flexibility index (Phi) is 3.58. The van der Waals surface area contributed by atoms with Gasteiger partial charge in [-0.1, -0.05) is 29.8 Å². The SMILES string of the molecule is Cc1ccc(C)c(C(C)NC2CCc3cccnc32)c1. The highest BCUT2D eigenvalue weighted by molar-refractivity contribution is 5.34. The minimum absolute atomic E-state index is 0.354. The first-order chi connectivity index (χ1) is 9.65. The van der Waals surface area contributed by atoms with Crippen molar-refractivity contribution < 1.29 is 0 Å². The first kappa shape index (κ1) is 13.3. The minimum Gasteiger partial charge on any atom is -0.302 e. The predicted octanol–water partition coefficient (Wildman–Crippen LogP) is 4.04. The zero-order chi connectivity index (χ0) is 14.1. The van der Waals surface area contributed by atoms with Crippen LogP contribution in [0.5, 0.6) is 0 Å². The molecule has 2 atom stereocenters. The number of aryl methyl sites for hydroxylation is 3. The highest BCUT2D eigenvalue weighted by Gasteiger charge is 2.25. The molecule has 0 amide bonds. The molecule has 2 nitrogen and oxygen atoms in total. The monoisotopic (exact) mass is 266 g/mol. The standard InChI is InChI=1S/C18H22N2/c1-12-6-7-13(2)16(11-12)14(3)20-17-9-8-15-5-4-10-19-18(15)17/h4-7,10-11,14,17,20H,8-9H2,1-3H3. The summed E-state index contributed by atoms with van der Waals surface area (Å²) in [6.45, 7) is 6.60. The van der Waals surface area contributed by atoms with Crippen molar-refractivity contribution in [1.29, 1.82) is 0 Å². The second-order valence-electron chi connectivity index (χ2n) is 5.89. The molecule has 2 heteroatoms. The Morgan fingerprint density at radius 2 is 2.10 bits per heavy atom. The van der Waals surface area contributed by atoms with Crippen molar-refractivity contribution in [3.63, 3.8) is 0 Å². The van der Waals surface area contributed by atoms with Crippen LogP contribution in [0.15, 0.2) is 36.5 Å². The maximum atomic E-state index is 4.56. The van der Waals surface area contributed by atoms with E-state index in [1.807, 2.05) is 12.3 Å². The van der Waals surface area contributed by atoms with Gasteiger partial charge in [0.15, 0.2) is 0 Å². The normalized spacial score (nSPS) is 18.9. The Hall–Kier alpha value is -1.67. The smallest absolute Gasteiger partial charge is 0.0605 e. The summed E-state index contributed by atoms with van der Waals surface area (Å²) in [5.41, 5.74) is 6.72. The van der Waals surface area contributed by atoms with Gasteiger partial charge < -0.3 is 5.32 Å². The molecule has 1 N–H and O–H groups in total. The van der Waals surface area contributed by atoms with Gasteiger partial charge in [0.25, 0.3) is 0 Å². The topological polar surface area (TPSA) is 24.9 Å². The molecule has 0 radical (unpaired) electrons. The molecule has 2 unspecified atom stereocenters. The van der Waals surface area contributed by atoms with Crippen LogP contribution in [0.1, 0.15) is 53.4 Å². The number of hydrogen-bond acceptors (Lipinski definition) is 2. The van der Waals surface area contributed by atoms with E-state index in [0.29, 0.717) is 12.1 Å². The van der Waals surface area contributed by atoms with Gasteiger partial charge in [-0.2, -0.15) is 0 Å². The molecule has 1 aliphatic rings.